The molecule has 3 rings (SSSR count). The molecule has 92 valence electrons. The van der Waals surface area contributed by atoms with E-state index in [4.69, 9.17) is 10.5 Å². The van der Waals surface area contributed by atoms with Crippen LogP contribution in [-0.4, -0.2) is 20.2 Å². The van der Waals surface area contributed by atoms with E-state index in [1.165, 1.54) is 24.1 Å². The van der Waals surface area contributed by atoms with Crippen LogP contribution in [-0.2, 0) is 5.54 Å². The third-order valence-electron chi connectivity index (χ3n) is 4.11. The highest BCUT2D eigenvalue weighted by molar-refractivity contribution is 5.64. The lowest BCUT2D eigenvalue weighted by Crippen LogP contribution is -2.36. The Bertz CT molecular complexity index is 424. The predicted molar refractivity (Wildman–Crippen MR) is 69.5 cm³/mol. The van der Waals surface area contributed by atoms with Crippen LogP contribution in [0.5, 0.6) is 5.75 Å². The summed E-state index contributed by atoms with van der Waals surface area (Å²) in [6.07, 6.45) is 4.62. The Morgan fingerprint density at radius 3 is 2.82 bits per heavy atom. The van der Waals surface area contributed by atoms with Gasteiger partial charge in [0.15, 0.2) is 0 Å². The number of fused-ring (bicyclic) bond motifs is 1. The van der Waals surface area contributed by atoms with E-state index in [9.17, 15) is 0 Å². The SMILES string of the molecule is CN1CCOc2c1cccc2C1(N)CCCC1. The van der Waals surface area contributed by atoms with Crippen LogP contribution in [0.2, 0.25) is 0 Å². The third-order valence-corrected chi connectivity index (χ3v) is 4.11. The summed E-state index contributed by atoms with van der Waals surface area (Å²) in [5.41, 5.74) is 8.78. The van der Waals surface area contributed by atoms with Crippen LogP contribution in [0, 0.1) is 0 Å². The quantitative estimate of drug-likeness (QED) is 0.807. The van der Waals surface area contributed by atoms with Crippen LogP contribution in [0.1, 0.15) is 31.2 Å². The first kappa shape index (κ1) is 10.9. The van der Waals surface area contributed by atoms with Crippen molar-refractivity contribution in [2.24, 2.45) is 5.73 Å². The number of hydrogen-bond acceptors (Lipinski definition) is 3. The standard InChI is InChI=1S/C14H20N2O/c1-16-9-10-17-13-11(5-4-6-12(13)16)14(15)7-2-3-8-14/h4-6H,2-3,7-10,15H2,1H3. The molecule has 0 aromatic heterocycles. The molecule has 1 aliphatic heterocycles. The Balaban J connectivity index is 2.08. The molecule has 0 amide bonds. The lowest BCUT2D eigenvalue weighted by molar-refractivity contribution is 0.297. The molecule has 2 aliphatic rings. The van der Waals surface area contributed by atoms with Crippen molar-refractivity contribution in [2.75, 3.05) is 25.1 Å². The van der Waals surface area contributed by atoms with Crippen LogP contribution < -0.4 is 15.4 Å². The molecular weight excluding hydrogens is 212 g/mol. The molecule has 1 aromatic rings. The maximum atomic E-state index is 6.55. The van der Waals surface area contributed by atoms with Crippen molar-refractivity contribution in [1.82, 2.24) is 0 Å². The van der Waals surface area contributed by atoms with Gasteiger partial charge in [-0.25, -0.2) is 0 Å². The van der Waals surface area contributed by atoms with E-state index < -0.39 is 0 Å². The lowest BCUT2D eigenvalue weighted by atomic mass is 9.88. The molecule has 17 heavy (non-hydrogen) atoms. The molecule has 0 atom stereocenters. The van der Waals surface area contributed by atoms with Gasteiger partial charge < -0.3 is 15.4 Å². The zero-order chi connectivity index (χ0) is 11.9. The van der Waals surface area contributed by atoms with E-state index in [0.717, 1.165) is 31.7 Å². The molecule has 0 unspecified atom stereocenters. The second kappa shape index (κ2) is 3.91. The van der Waals surface area contributed by atoms with Crippen molar-refractivity contribution in [3.05, 3.63) is 23.8 Å². The number of benzene rings is 1. The number of likely N-dealkylation sites (N-methyl/N-ethyl adjacent to an activating group) is 1. The Hall–Kier alpha value is -1.22. The Kier molecular flexibility index (Phi) is 2.51. The summed E-state index contributed by atoms with van der Waals surface area (Å²) >= 11 is 0. The largest absolute Gasteiger partial charge is 0.489 e. The molecule has 0 bridgehead atoms. The minimum absolute atomic E-state index is 0.163. The van der Waals surface area contributed by atoms with Crippen LogP contribution in [0.3, 0.4) is 0 Å². The second-order valence-corrected chi connectivity index (χ2v) is 5.29. The van der Waals surface area contributed by atoms with Crippen molar-refractivity contribution < 1.29 is 4.74 Å². The van der Waals surface area contributed by atoms with Gasteiger partial charge in [0.25, 0.3) is 0 Å². The van der Waals surface area contributed by atoms with E-state index in [1.54, 1.807) is 0 Å². The minimum atomic E-state index is -0.163. The normalized spacial score (nSPS) is 22.1. The number of nitrogens with zero attached hydrogens (tertiary/aromatic N) is 1. The van der Waals surface area contributed by atoms with Gasteiger partial charge in [-0.2, -0.15) is 0 Å². The Morgan fingerprint density at radius 1 is 1.29 bits per heavy atom. The number of anilines is 1. The van der Waals surface area contributed by atoms with Gasteiger partial charge in [-0.1, -0.05) is 25.0 Å². The zero-order valence-corrected chi connectivity index (χ0v) is 10.4. The Labute approximate surface area is 103 Å². The summed E-state index contributed by atoms with van der Waals surface area (Å²) in [5, 5.41) is 0. The summed E-state index contributed by atoms with van der Waals surface area (Å²) < 4.78 is 5.88. The Morgan fingerprint density at radius 2 is 2.06 bits per heavy atom. The molecule has 1 aromatic carbocycles. The van der Waals surface area contributed by atoms with Crippen molar-refractivity contribution >= 4 is 5.69 Å². The van der Waals surface area contributed by atoms with Crippen molar-refractivity contribution in [3.63, 3.8) is 0 Å². The van der Waals surface area contributed by atoms with E-state index in [-0.39, 0.29) is 5.54 Å². The minimum Gasteiger partial charge on any atom is -0.489 e. The fourth-order valence-corrected chi connectivity index (χ4v) is 3.05. The topological polar surface area (TPSA) is 38.5 Å². The summed E-state index contributed by atoms with van der Waals surface area (Å²) in [6.45, 7) is 1.71. The van der Waals surface area contributed by atoms with Crippen molar-refractivity contribution in [2.45, 2.75) is 31.2 Å². The first-order valence-electron chi connectivity index (χ1n) is 6.47. The van der Waals surface area contributed by atoms with Crippen molar-refractivity contribution in [1.29, 1.82) is 0 Å². The maximum Gasteiger partial charge on any atom is 0.147 e. The highest BCUT2D eigenvalue weighted by Crippen LogP contribution is 2.44. The summed E-state index contributed by atoms with van der Waals surface area (Å²) in [4.78, 5) is 2.25. The smallest absolute Gasteiger partial charge is 0.147 e. The number of hydrogen-bond donors (Lipinski definition) is 1. The van der Waals surface area contributed by atoms with Crippen molar-refractivity contribution in [3.8, 4) is 5.75 Å². The van der Waals surface area contributed by atoms with Gasteiger partial charge in [0.2, 0.25) is 0 Å². The fourth-order valence-electron chi connectivity index (χ4n) is 3.05. The first-order chi connectivity index (χ1) is 8.21. The van der Waals surface area contributed by atoms with Crippen LogP contribution in [0.4, 0.5) is 5.69 Å². The maximum absolute atomic E-state index is 6.55. The molecule has 2 N–H and O–H groups in total. The molecular formula is C14H20N2O. The van der Waals surface area contributed by atoms with Gasteiger partial charge in [0.1, 0.15) is 12.4 Å². The van der Waals surface area contributed by atoms with Crippen LogP contribution in [0.25, 0.3) is 0 Å². The highest BCUT2D eigenvalue weighted by atomic mass is 16.5. The summed E-state index contributed by atoms with van der Waals surface area (Å²) in [6, 6.07) is 6.37. The van der Waals surface area contributed by atoms with E-state index in [2.05, 4.69) is 30.1 Å². The molecule has 1 fully saturated rings. The van der Waals surface area contributed by atoms with Gasteiger partial charge in [-0.3, -0.25) is 0 Å². The van der Waals surface area contributed by atoms with Crippen LogP contribution in [0.15, 0.2) is 18.2 Å². The molecule has 0 saturated heterocycles. The molecule has 0 spiro atoms. The third kappa shape index (κ3) is 1.69. The predicted octanol–water partition coefficient (Wildman–Crippen LogP) is 2.24. The molecule has 1 aliphatic carbocycles. The van der Waals surface area contributed by atoms with E-state index >= 15 is 0 Å². The van der Waals surface area contributed by atoms with Gasteiger partial charge >= 0.3 is 0 Å². The average molecular weight is 232 g/mol. The summed E-state index contributed by atoms with van der Waals surface area (Å²) in [7, 11) is 2.11. The average Bonchev–Trinajstić information content (AvgIpc) is 2.77. The highest BCUT2D eigenvalue weighted by Gasteiger charge is 2.35. The lowest BCUT2D eigenvalue weighted by Gasteiger charge is -2.33. The number of nitrogens with two attached hydrogens (primary N) is 1. The van der Waals surface area contributed by atoms with Gasteiger partial charge in [-0.05, 0) is 18.9 Å². The monoisotopic (exact) mass is 232 g/mol. The first-order valence-corrected chi connectivity index (χ1v) is 6.47. The fraction of sp³-hybridized carbons (Fsp3) is 0.571. The zero-order valence-electron chi connectivity index (χ0n) is 10.4. The number of para-hydroxylation sites is 1. The molecule has 3 heteroatoms. The molecule has 1 heterocycles. The molecule has 0 radical (unpaired) electrons. The van der Waals surface area contributed by atoms with Crippen LogP contribution >= 0.6 is 0 Å². The van der Waals surface area contributed by atoms with Gasteiger partial charge in [0.05, 0.1) is 12.2 Å². The summed E-state index contributed by atoms with van der Waals surface area (Å²) in [5.74, 6) is 1.02. The number of ether oxygens (including phenoxy) is 1. The van der Waals surface area contributed by atoms with E-state index in [1.807, 2.05) is 0 Å². The van der Waals surface area contributed by atoms with Gasteiger partial charge in [0, 0.05) is 18.2 Å². The van der Waals surface area contributed by atoms with Gasteiger partial charge in [-0.15, -0.1) is 0 Å². The van der Waals surface area contributed by atoms with E-state index in [0.29, 0.717) is 0 Å². The molecule has 3 nitrogen and oxygen atoms in total. The second-order valence-electron chi connectivity index (χ2n) is 5.29. The molecule has 1 saturated carbocycles. The number of rotatable bonds is 1.